The van der Waals surface area contributed by atoms with Crippen molar-refractivity contribution in [2.45, 2.75) is 49.8 Å². The van der Waals surface area contributed by atoms with Crippen LogP contribution in [0.4, 0.5) is 0 Å². The van der Waals surface area contributed by atoms with E-state index in [2.05, 4.69) is 89.9 Å². The zero-order valence-electron chi connectivity index (χ0n) is 17.1. The highest BCUT2D eigenvalue weighted by Gasteiger charge is 2.51. The van der Waals surface area contributed by atoms with Crippen LogP contribution in [0.3, 0.4) is 0 Å². The molecule has 0 radical (unpaired) electrons. The summed E-state index contributed by atoms with van der Waals surface area (Å²) in [5.74, 6) is 1.65. The van der Waals surface area contributed by atoms with Crippen LogP contribution in [-0.4, -0.2) is 16.4 Å². The van der Waals surface area contributed by atoms with Gasteiger partial charge in [0.2, 0.25) is 0 Å². The van der Waals surface area contributed by atoms with Crippen LogP contribution in [0.2, 0.25) is 0 Å². The average molecular weight is 395 g/mol. The quantitative estimate of drug-likeness (QED) is 0.511. The van der Waals surface area contributed by atoms with Crippen molar-refractivity contribution in [2.75, 3.05) is 0 Å². The molecule has 1 aliphatic carbocycles. The van der Waals surface area contributed by atoms with Gasteiger partial charge in [0.05, 0.1) is 11.8 Å². The van der Waals surface area contributed by atoms with E-state index in [-0.39, 0.29) is 11.8 Å². The molecule has 0 aromatic heterocycles. The lowest BCUT2D eigenvalue weighted by atomic mass is 9.78. The van der Waals surface area contributed by atoms with Gasteiger partial charge in [-0.25, -0.2) is 5.01 Å². The molecule has 30 heavy (non-hydrogen) atoms. The molecule has 1 saturated carbocycles. The molecule has 3 aromatic rings. The van der Waals surface area contributed by atoms with Crippen molar-refractivity contribution in [1.29, 1.82) is 0 Å². The number of benzene rings is 3. The summed E-state index contributed by atoms with van der Waals surface area (Å²) in [6, 6.07) is 30.4. The zero-order valence-corrected chi connectivity index (χ0v) is 17.1. The molecule has 6 rings (SSSR count). The predicted molar refractivity (Wildman–Crippen MR) is 120 cm³/mol. The Morgan fingerprint density at radius 2 is 1.47 bits per heavy atom. The van der Waals surface area contributed by atoms with Crippen LogP contribution in [0.5, 0.6) is 5.75 Å². The summed E-state index contributed by atoms with van der Waals surface area (Å²) < 4.78 is 6.76. The van der Waals surface area contributed by atoms with Gasteiger partial charge >= 0.3 is 0 Å². The number of hydrazone groups is 1. The smallest absolute Gasteiger partial charge is 0.198 e. The van der Waals surface area contributed by atoms with Gasteiger partial charge in [-0.15, -0.1) is 0 Å². The van der Waals surface area contributed by atoms with Crippen molar-refractivity contribution in [3.05, 3.63) is 102 Å². The van der Waals surface area contributed by atoms with E-state index in [0.717, 1.165) is 37.9 Å². The predicted octanol–water partition coefficient (Wildman–Crippen LogP) is 6.28. The maximum absolute atomic E-state index is 6.76. The lowest BCUT2D eigenvalue weighted by Gasteiger charge is -2.50. The lowest BCUT2D eigenvalue weighted by molar-refractivity contribution is -0.142. The van der Waals surface area contributed by atoms with E-state index in [9.17, 15) is 0 Å². The third-order valence-corrected chi connectivity index (χ3v) is 7.05. The van der Waals surface area contributed by atoms with Crippen molar-refractivity contribution in [3.8, 4) is 5.75 Å². The van der Waals surface area contributed by atoms with Crippen LogP contribution in [0.25, 0.3) is 0 Å². The SMILES string of the molecule is c1ccc(C2=NN3[C@H](C2)c2ccccc2OC32CCC(c3ccccc3)CC2)cc1. The Labute approximate surface area is 178 Å². The first-order valence-electron chi connectivity index (χ1n) is 11.1. The van der Waals surface area contributed by atoms with Crippen LogP contribution in [0.15, 0.2) is 90.0 Å². The van der Waals surface area contributed by atoms with Gasteiger partial charge in [0.1, 0.15) is 5.75 Å². The number of ether oxygens (including phenoxy) is 1. The first kappa shape index (κ1) is 17.8. The van der Waals surface area contributed by atoms with E-state index in [1.165, 1.54) is 22.4 Å². The van der Waals surface area contributed by atoms with Gasteiger partial charge in [0.15, 0.2) is 5.72 Å². The standard InChI is InChI=1S/C27H26N2O/c1-3-9-20(10-4-1)21-15-17-27(18-16-21)29-25(23-13-7-8-14-26(23)30-27)19-24(28-29)22-11-5-2-6-12-22/h1-14,21,25H,15-19H2/t21?,25-,27?/m1/s1. The Morgan fingerprint density at radius 1 is 0.800 bits per heavy atom. The maximum Gasteiger partial charge on any atom is 0.198 e. The molecule has 2 aliphatic heterocycles. The molecule has 0 saturated heterocycles. The van der Waals surface area contributed by atoms with Crippen LogP contribution in [-0.2, 0) is 0 Å². The highest BCUT2D eigenvalue weighted by Crippen LogP contribution is 2.52. The number of hydrogen-bond acceptors (Lipinski definition) is 3. The number of para-hydroxylation sites is 1. The van der Waals surface area contributed by atoms with E-state index in [1.54, 1.807) is 0 Å². The summed E-state index contributed by atoms with van der Waals surface area (Å²) in [5, 5.41) is 7.50. The van der Waals surface area contributed by atoms with Crippen molar-refractivity contribution in [3.63, 3.8) is 0 Å². The molecule has 0 bridgehead atoms. The third kappa shape index (κ3) is 2.84. The molecule has 150 valence electrons. The van der Waals surface area contributed by atoms with E-state index >= 15 is 0 Å². The third-order valence-electron chi connectivity index (χ3n) is 7.05. The second-order valence-corrected chi connectivity index (χ2v) is 8.75. The van der Waals surface area contributed by atoms with Crippen molar-refractivity contribution in [2.24, 2.45) is 5.10 Å². The fourth-order valence-corrected chi connectivity index (χ4v) is 5.49. The minimum atomic E-state index is -0.333. The molecule has 0 amide bonds. The summed E-state index contributed by atoms with van der Waals surface area (Å²) in [6.07, 6.45) is 5.21. The monoisotopic (exact) mass is 394 g/mol. The summed E-state index contributed by atoms with van der Waals surface area (Å²) in [5.41, 5.74) is 4.78. The number of rotatable bonds is 2. The normalized spacial score (nSPS) is 27.2. The van der Waals surface area contributed by atoms with Crippen molar-refractivity contribution in [1.82, 2.24) is 5.01 Å². The summed E-state index contributed by atoms with van der Waals surface area (Å²) in [7, 11) is 0. The van der Waals surface area contributed by atoms with E-state index in [1.807, 2.05) is 0 Å². The molecule has 3 heteroatoms. The summed E-state index contributed by atoms with van der Waals surface area (Å²) in [6.45, 7) is 0. The van der Waals surface area contributed by atoms with Gasteiger partial charge in [-0.3, -0.25) is 0 Å². The first-order chi connectivity index (χ1) is 14.8. The van der Waals surface area contributed by atoms with Gasteiger partial charge in [-0.2, -0.15) is 5.10 Å². The largest absolute Gasteiger partial charge is 0.466 e. The Bertz CT molecular complexity index is 1070. The second kappa shape index (κ2) is 7.02. The van der Waals surface area contributed by atoms with Crippen LogP contribution < -0.4 is 4.74 Å². The maximum atomic E-state index is 6.76. The van der Waals surface area contributed by atoms with Gasteiger partial charge in [0.25, 0.3) is 0 Å². The highest BCUT2D eigenvalue weighted by atomic mass is 16.5. The van der Waals surface area contributed by atoms with Gasteiger partial charge in [-0.05, 0) is 36.0 Å². The average Bonchev–Trinajstić information content (AvgIpc) is 3.28. The van der Waals surface area contributed by atoms with Gasteiger partial charge < -0.3 is 4.74 Å². The summed E-state index contributed by atoms with van der Waals surface area (Å²) >= 11 is 0. The number of nitrogens with zero attached hydrogens (tertiary/aromatic N) is 2. The Kier molecular flexibility index (Phi) is 4.15. The molecule has 1 atom stereocenters. The van der Waals surface area contributed by atoms with Gasteiger partial charge in [0, 0.05) is 24.8 Å². The number of hydrogen-bond donors (Lipinski definition) is 0. The molecule has 3 aromatic carbocycles. The minimum absolute atomic E-state index is 0.262. The van der Waals surface area contributed by atoms with Crippen molar-refractivity contribution >= 4 is 5.71 Å². The molecule has 3 aliphatic rings. The second-order valence-electron chi connectivity index (χ2n) is 8.75. The van der Waals surface area contributed by atoms with Crippen LogP contribution >= 0.6 is 0 Å². The molecular formula is C27H26N2O. The minimum Gasteiger partial charge on any atom is -0.466 e. The highest BCUT2D eigenvalue weighted by molar-refractivity contribution is 6.01. The fourth-order valence-electron chi connectivity index (χ4n) is 5.49. The molecule has 1 spiro atoms. The summed E-state index contributed by atoms with van der Waals surface area (Å²) in [4.78, 5) is 0. The molecule has 3 nitrogen and oxygen atoms in total. The van der Waals surface area contributed by atoms with Crippen LogP contribution in [0.1, 0.15) is 60.8 Å². The topological polar surface area (TPSA) is 24.8 Å². The molecular weight excluding hydrogens is 368 g/mol. The van der Waals surface area contributed by atoms with Crippen molar-refractivity contribution < 1.29 is 4.74 Å². The Hall–Kier alpha value is -3.07. The van der Waals surface area contributed by atoms with E-state index in [0.29, 0.717) is 5.92 Å². The van der Waals surface area contributed by atoms with Crippen LogP contribution in [0, 0.1) is 0 Å². The van der Waals surface area contributed by atoms with E-state index in [4.69, 9.17) is 9.84 Å². The Balaban J connectivity index is 1.35. The fraction of sp³-hybridized carbons (Fsp3) is 0.296. The molecule has 0 N–H and O–H groups in total. The Morgan fingerprint density at radius 3 is 2.23 bits per heavy atom. The zero-order chi connectivity index (χ0) is 20.0. The van der Waals surface area contributed by atoms with Gasteiger partial charge in [-0.1, -0.05) is 78.9 Å². The molecule has 0 unspecified atom stereocenters. The lowest BCUT2D eigenvalue weighted by Crippen LogP contribution is -2.55. The van der Waals surface area contributed by atoms with E-state index < -0.39 is 0 Å². The number of fused-ring (bicyclic) bond motifs is 4. The molecule has 2 heterocycles. The molecule has 1 fully saturated rings. The first-order valence-corrected chi connectivity index (χ1v) is 11.1.